The highest BCUT2D eigenvalue weighted by atomic mass is 32.2. The number of aryl methyl sites for hydroxylation is 1. The van der Waals surface area contributed by atoms with Gasteiger partial charge in [-0.3, -0.25) is 0 Å². The molecule has 0 saturated heterocycles. The molecule has 0 saturated carbocycles. The lowest BCUT2D eigenvalue weighted by atomic mass is 10.1. The monoisotopic (exact) mass is 319 g/mol. The highest BCUT2D eigenvalue weighted by Gasteiger charge is 2.26. The van der Waals surface area contributed by atoms with Crippen LogP contribution in [0.3, 0.4) is 0 Å². The van der Waals surface area contributed by atoms with Crippen molar-refractivity contribution in [2.45, 2.75) is 18.4 Å². The van der Waals surface area contributed by atoms with Crippen molar-refractivity contribution >= 4 is 21.7 Å². The largest absolute Gasteiger partial charge is 0.324 e. The fraction of sp³-hybridized carbons (Fsp3) is 0.133. The molecule has 1 heterocycles. The number of benzene rings is 2. The number of rotatable bonds is 2. The second kappa shape index (κ2) is 5.42. The van der Waals surface area contributed by atoms with Crippen LogP contribution in [0.25, 0.3) is 0 Å². The molecule has 0 unspecified atom stereocenters. The lowest BCUT2D eigenvalue weighted by Gasteiger charge is -2.21. The summed E-state index contributed by atoms with van der Waals surface area (Å²) in [7, 11) is -3.81. The summed E-state index contributed by atoms with van der Waals surface area (Å²) in [6.07, 6.45) is 0. The van der Waals surface area contributed by atoms with E-state index in [9.17, 15) is 12.8 Å². The molecule has 0 aliphatic carbocycles. The number of fused-ring (bicyclic) bond motifs is 1. The smallest absolute Gasteiger partial charge is 0.266 e. The highest BCUT2D eigenvalue weighted by molar-refractivity contribution is 7.90. The van der Waals surface area contributed by atoms with Gasteiger partial charge in [0.05, 0.1) is 12.2 Å². The van der Waals surface area contributed by atoms with Gasteiger partial charge in [0.15, 0.2) is 0 Å². The van der Waals surface area contributed by atoms with Crippen molar-refractivity contribution in [3.8, 4) is 0 Å². The molecule has 2 aromatic carbocycles. The van der Waals surface area contributed by atoms with Gasteiger partial charge in [0.2, 0.25) is 5.96 Å². The van der Waals surface area contributed by atoms with Gasteiger partial charge in [-0.15, -0.1) is 0 Å². The Balaban J connectivity index is 1.87. The maximum Gasteiger partial charge on any atom is 0.266 e. The van der Waals surface area contributed by atoms with Gasteiger partial charge < -0.3 is 5.32 Å². The summed E-state index contributed by atoms with van der Waals surface area (Å²) in [5.74, 6) is -0.481. The lowest BCUT2D eigenvalue weighted by Crippen LogP contribution is -2.40. The minimum absolute atomic E-state index is 0.123. The zero-order chi connectivity index (χ0) is 15.7. The molecule has 5 nitrogen and oxygen atoms in total. The van der Waals surface area contributed by atoms with Crippen LogP contribution in [0.1, 0.15) is 11.1 Å². The van der Waals surface area contributed by atoms with Gasteiger partial charge in [0.1, 0.15) is 10.7 Å². The third-order valence-corrected chi connectivity index (χ3v) is 4.64. The van der Waals surface area contributed by atoms with Crippen LogP contribution in [0.4, 0.5) is 10.1 Å². The number of hydrogen-bond donors (Lipinski definition) is 2. The van der Waals surface area contributed by atoms with Crippen LogP contribution in [-0.2, 0) is 16.6 Å². The second-order valence-corrected chi connectivity index (χ2v) is 6.67. The van der Waals surface area contributed by atoms with Gasteiger partial charge in [-0.2, -0.15) is 0 Å². The van der Waals surface area contributed by atoms with Crippen LogP contribution < -0.4 is 10.0 Å². The van der Waals surface area contributed by atoms with E-state index >= 15 is 0 Å². The second-order valence-electron chi connectivity index (χ2n) is 5.02. The maximum atomic E-state index is 13.2. The van der Waals surface area contributed by atoms with Gasteiger partial charge in [-0.1, -0.05) is 29.8 Å². The third kappa shape index (κ3) is 2.94. The predicted octanol–water partition coefficient (Wildman–Crippen LogP) is 2.39. The molecule has 0 radical (unpaired) electrons. The molecule has 0 fully saturated rings. The summed E-state index contributed by atoms with van der Waals surface area (Å²) in [6.45, 7) is 2.32. The van der Waals surface area contributed by atoms with Crippen LogP contribution in [0.5, 0.6) is 0 Å². The molecule has 0 atom stereocenters. The van der Waals surface area contributed by atoms with Crippen LogP contribution in [0.15, 0.2) is 52.4 Å². The fourth-order valence-corrected chi connectivity index (χ4v) is 3.25. The summed E-state index contributed by atoms with van der Waals surface area (Å²) in [4.78, 5) is 4.10. The molecule has 1 aliphatic rings. The molecule has 22 heavy (non-hydrogen) atoms. The molecule has 1 aliphatic heterocycles. The van der Waals surface area contributed by atoms with Crippen LogP contribution in [-0.4, -0.2) is 14.4 Å². The average molecular weight is 319 g/mol. The fourth-order valence-electron chi connectivity index (χ4n) is 2.09. The van der Waals surface area contributed by atoms with E-state index in [0.717, 1.165) is 17.2 Å². The van der Waals surface area contributed by atoms with Crippen molar-refractivity contribution in [3.63, 3.8) is 0 Å². The summed E-state index contributed by atoms with van der Waals surface area (Å²) in [5.41, 5.74) is 2.41. The zero-order valence-electron chi connectivity index (χ0n) is 11.8. The Bertz CT molecular complexity index is 846. The van der Waals surface area contributed by atoms with Crippen LogP contribution in [0, 0.1) is 12.7 Å². The van der Waals surface area contributed by atoms with E-state index in [-0.39, 0.29) is 10.9 Å². The number of nitrogens with zero attached hydrogens (tertiary/aromatic N) is 1. The molecule has 3 rings (SSSR count). The Labute approximate surface area is 127 Å². The SMILES string of the molecule is Cc1ccc(CN=C2Nc3ccc(F)cc3S(=O)(=O)N2)cc1. The number of guanidine groups is 1. The van der Waals surface area contributed by atoms with Crippen molar-refractivity contribution in [2.75, 3.05) is 5.32 Å². The Hall–Kier alpha value is -2.41. The normalized spacial score (nSPS) is 17.5. The lowest BCUT2D eigenvalue weighted by molar-refractivity contribution is 0.586. The predicted molar refractivity (Wildman–Crippen MR) is 82.7 cm³/mol. The van der Waals surface area contributed by atoms with Crippen LogP contribution >= 0.6 is 0 Å². The molecule has 7 heteroatoms. The summed E-state index contributed by atoms with van der Waals surface area (Å²) in [6, 6.07) is 11.3. The molecular weight excluding hydrogens is 305 g/mol. The van der Waals surface area contributed by atoms with Crippen molar-refractivity contribution in [1.82, 2.24) is 4.72 Å². The standard InChI is InChI=1S/C15H14FN3O2S/c1-10-2-4-11(5-3-10)9-17-15-18-13-7-6-12(16)8-14(13)22(20,21)19-15/h2-8H,9H2,1H3,(H2,17,18,19). The quantitative estimate of drug-likeness (QED) is 0.893. The van der Waals surface area contributed by atoms with Gasteiger partial charge in [-0.05, 0) is 30.7 Å². The first kappa shape index (κ1) is 14.5. The number of anilines is 1. The van der Waals surface area contributed by atoms with Gasteiger partial charge in [0, 0.05) is 0 Å². The number of nitrogens with one attached hydrogen (secondary N) is 2. The van der Waals surface area contributed by atoms with Gasteiger partial charge in [-0.25, -0.2) is 22.5 Å². The topological polar surface area (TPSA) is 70.6 Å². The Kier molecular flexibility index (Phi) is 3.58. The first-order chi connectivity index (χ1) is 10.4. The number of sulfonamides is 1. The van der Waals surface area contributed by atoms with Gasteiger partial charge >= 0.3 is 0 Å². The summed E-state index contributed by atoms with van der Waals surface area (Å²) < 4.78 is 39.7. The molecule has 0 amide bonds. The molecule has 0 aromatic heterocycles. The Morgan fingerprint density at radius 1 is 1.14 bits per heavy atom. The zero-order valence-corrected chi connectivity index (χ0v) is 12.6. The number of halogens is 1. The molecule has 2 aromatic rings. The minimum Gasteiger partial charge on any atom is -0.324 e. The molecule has 114 valence electrons. The summed E-state index contributed by atoms with van der Waals surface area (Å²) >= 11 is 0. The van der Waals surface area contributed by atoms with Crippen molar-refractivity contribution in [3.05, 3.63) is 59.4 Å². The minimum atomic E-state index is -3.81. The maximum absolute atomic E-state index is 13.2. The molecule has 0 bridgehead atoms. The van der Waals surface area contributed by atoms with Crippen molar-refractivity contribution in [1.29, 1.82) is 0 Å². The Morgan fingerprint density at radius 2 is 1.86 bits per heavy atom. The van der Waals surface area contributed by atoms with Gasteiger partial charge in [0.25, 0.3) is 10.0 Å². The van der Waals surface area contributed by atoms with E-state index in [2.05, 4.69) is 15.0 Å². The third-order valence-electron chi connectivity index (χ3n) is 3.26. The van der Waals surface area contributed by atoms with Crippen LogP contribution in [0.2, 0.25) is 0 Å². The van der Waals surface area contributed by atoms with E-state index in [1.54, 1.807) is 0 Å². The van der Waals surface area contributed by atoms with E-state index in [4.69, 9.17) is 0 Å². The molecule has 0 spiro atoms. The molecule has 2 N–H and O–H groups in total. The molecular formula is C15H14FN3O2S. The Morgan fingerprint density at radius 3 is 2.59 bits per heavy atom. The number of aliphatic imine (C=N–C) groups is 1. The van der Waals surface area contributed by atoms with E-state index in [1.807, 2.05) is 31.2 Å². The van der Waals surface area contributed by atoms with Crippen molar-refractivity contribution < 1.29 is 12.8 Å². The average Bonchev–Trinajstić information content (AvgIpc) is 2.47. The highest BCUT2D eigenvalue weighted by Crippen LogP contribution is 2.25. The van der Waals surface area contributed by atoms with E-state index in [1.165, 1.54) is 12.1 Å². The van der Waals surface area contributed by atoms with E-state index in [0.29, 0.717) is 12.2 Å². The van der Waals surface area contributed by atoms with E-state index < -0.39 is 15.8 Å². The first-order valence-electron chi connectivity index (χ1n) is 6.63. The summed E-state index contributed by atoms with van der Waals surface area (Å²) in [5, 5.41) is 2.85. The van der Waals surface area contributed by atoms with Crippen molar-refractivity contribution in [2.24, 2.45) is 4.99 Å². The first-order valence-corrected chi connectivity index (χ1v) is 8.12. The number of hydrogen-bond acceptors (Lipinski definition) is 3.